The van der Waals surface area contributed by atoms with Crippen molar-refractivity contribution in [3.63, 3.8) is 0 Å². The summed E-state index contributed by atoms with van der Waals surface area (Å²) in [6, 6.07) is 9.20. The van der Waals surface area contributed by atoms with Gasteiger partial charge in [-0.1, -0.05) is 24.3 Å². The number of fused-ring (bicyclic) bond motifs is 4. The fourth-order valence-corrected chi connectivity index (χ4v) is 2.87. The maximum absolute atomic E-state index is 6.09. The van der Waals surface area contributed by atoms with E-state index in [0.29, 0.717) is 12.1 Å². The zero-order valence-electron chi connectivity index (χ0n) is 9.07. The molecule has 1 aromatic rings. The molecule has 0 aromatic heterocycles. The zero-order chi connectivity index (χ0) is 10.3. The van der Waals surface area contributed by atoms with E-state index in [1.165, 1.54) is 24.0 Å². The van der Waals surface area contributed by atoms with Crippen molar-refractivity contribution in [3.05, 3.63) is 35.4 Å². The summed E-state index contributed by atoms with van der Waals surface area (Å²) in [7, 11) is 2.03. The fraction of sp³-hybridized carbons (Fsp3) is 0.538. The minimum atomic E-state index is 0.277. The van der Waals surface area contributed by atoms with Crippen LogP contribution in [0.4, 0.5) is 0 Å². The first-order valence-corrected chi connectivity index (χ1v) is 5.79. The van der Waals surface area contributed by atoms with Crippen molar-refractivity contribution in [1.29, 1.82) is 0 Å². The van der Waals surface area contributed by atoms with Crippen LogP contribution in [0.15, 0.2) is 24.3 Å². The second-order valence-electron chi connectivity index (χ2n) is 4.55. The van der Waals surface area contributed by atoms with Crippen molar-refractivity contribution in [1.82, 2.24) is 5.32 Å². The second-order valence-corrected chi connectivity index (χ2v) is 4.55. The maximum atomic E-state index is 6.09. The van der Waals surface area contributed by atoms with Crippen LogP contribution in [0, 0.1) is 0 Å². The largest absolute Gasteiger partial charge is 0.368 e. The Labute approximate surface area is 90.6 Å². The predicted octanol–water partition coefficient (Wildman–Crippen LogP) is 2.05. The van der Waals surface area contributed by atoms with E-state index in [1.54, 1.807) is 0 Å². The molecule has 1 aromatic carbocycles. The molecule has 80 valence electrons. The Morgan fingerprint density at radius 3 is 3.00 bits per heavy atom. The molecule has 2 bridgehead atoms. The summed E-state index contributed by atoms with van der Waals surface area (Å²) in [6.45, 7) is 0. The molecule has 2 aliphatic heterocycles. The third-order valence-corrected chi connectivity index (χ3v) is 3.68. The van der Waals surface area contributed by atoms with Crippen LogP contribution in [-0.2, 0) is 11.2 Å². The summed E-state index contributed by atoms with van der Waals surface area (Å²) in [6.07, 6.45) is 4.26. The van der Waals surface area contributed by atoms with Gasteiger partial charge in [0.25, 0.3) is 0 Å². The van der Waals surface area contributed by atoms with Crippen molar-refractivity contribution in [2.75, 3.05) is 7.05 Å². The molecule has 15 heavy (non-hydrogen) atoms. The number of rotatable bonds is 1. The van der Waals surface area contributed by atoms with Crippen molar-refractivity contribution < 1.29 is 4.74 Å². The Kier molecular flexibility index (Phi) is 2.26. The van der Waals surface area contributed by atoms with E-state index in [4.69, 9.17) is 4.74 Å². The van der Waals surface area contributed by atoms with Gasteiger partial charge in [-0.25, -0.2) is 0 Å². The summed E-state index contributed by atoms with van der Waals surface area (Å²) in [5, 5.41) is 3.38. The summed E-state index contributed by atoms with van der Waals surface area (Å²) < 4.78 is 6.09. The number of hydrogen-bond acceptors (Lipinski definition) is 2. The SMILES string of the molecule is CN[C@H]1CC[C@H]2Cc3ccccc3[C@@H]1O2. The Morgan fingerprint density at radius 2 is 2.13 bits per heavy atom. The van der Waals surface area contributed by atoms with E-state index in [0.717, 1.165) is 6.42 Å². The molecule has 1 saturated heterocycles. The smallest absolute Gasteiger partial charge is 0.0984 e. The quantitative estimate of drug-likeness (QED) is 0.754. The third kappa shape index (κ3) is 1.48. The van der Waals surface area contributed by atoms with Gasteiger partial charge >= 0.3 is 0 Å². The van der Waals surface area contributed by atoms with Gasteiger partial charge in [-0.05, 0) is 37.4 Å². The summed E-state index contributed by atoms with van der Waals surface area (Å²) >= 11 is 0. The molecule has 2 aliphatic rings. The van der Waals surface area contributed by atoms with Crippen LogP contribution in [-0.4, -0.2) is 19.2 Å². The van der Waals surface area contributed by atoms with E-state index in [2.05, 4.69) is 29.6 Å². The van der Waals surface area contributed by atoms with Crippen LogP contribution in [0.5, 0.6) is 0 Å². The van der Waals surface area contributed by atoms with Gasteiger partial charge < -0.3 is 10.1 Å². The monoisotopic (exact) mass is 203 g/mol. The highest BCUT2D eigenvalue weighted by molar-refractivity contribution is 5.33. The second kappa shape index (κ2) is 3.62. The van der Waals surface area contributed by atoms with Crippen molar-refractivity contribution in [3.8, 4) is 0 Å². The summed E-state index contributed by atoms with van der Waals surface area (Å²) in [5.74, 6) is 0. The van der Waals surface area contributed by atoms with Gasteiger partial charge in [0.2, 0.25) is 0 Å². The molecule has 0 unspecified atom stereocenters. The van der Waals surface area contributed by atoms with Crippen molar-refractivity contribution >= 4 is 0 Å². The van der Waals surface area contributed by atoms with E-state index in [9.17, 15) is 0 Å². The Hall–Kier alpha value is -0.860. The highest BCUT2D eigenvalue weighted by atomic mass is 16.5. The lowest BCUT2D eigenvalue weighted by atomic mass is 9.83. The first-order chi connectivity index (χ1) is 7.38. The first-order valence-electron chi connectivity index (χ1n) is 5.79. The van der Waals surface area contributed by atoms with E-state index < -0.39 is 0 Å². The van der Waals surface area contributed by atoms with E-state index in [-0.39, 0.29) is 6.10 Å². The Balaban J connectivity index is 2.01. The zero-order valence-corrected chi connectivity index (χ0v) is 9.07. The van der Waals surface area contributed by atoms with Gasteiger partial charge in [-0.3, -0.25) is 0 Å². The third-order valence-electron chi connectivity index (χ3n) is 3.68. The Bertz CT molecular complexity index is 363. The van der Waals surface area contributed by atoms with Crippen LogP contribution in [0.2, 0.25) is 0 Å². The van der Waals surface area contributed by atoms with Crippen LogP contribution in [0.25, 0.3) is 0 Å². The summed E-state index contributed by atoms with van der Waals surface area (Å²) in [5.41, 5.74) is 2.88. The molecule has 3 atom stereocenters. The van der Waals surface area contributed by atoms with Crippen molar-refractivity contribution in [2.45, 2.75) is 37.5 Å². The molecule has 3 rings (SSSR count). The van der Waals surface area contributed by atoms with Gasteiger partial charge in [-0.2, -0.15) is 0 Å². The lowest BCUT2D eigenvalue weighted by Crippen LogP contribution is -2.44. The average molecular weight is 203 g/mol. The van der Waals surface area contributed by atoms with Crippen LogP contribution < -0.4 is 5.32 Å². The van der Waals surface area contributed by atoms with Crippen LogP contribution in [0.3, 0.4) is 0 Å². The van der Waals surface area contributed by atoms with Gasteiger partial charge in [0.15, 0.2) is 0 Å². The van der Waals surface area contributed by atoms with Crippen molar-refractivity contribution in [2.24, 2.45) is 0 Å². The molecule has 0 aliphatic carbocycles. The first kappa shape index (κ1) is 9.37. The van der Waals surface area contributed by atoms with Gasteiger partial charge in [-0.15, -0.1) is 0 Å². The van der Waals surface area contributed by atoms with Gasteiger partial charge in [0.1, 0.15) is 0 Å². The number of likely N-dealkylation sites (N-methyl/N-ethyl adjacent to an activating group) is 1. The van der Waals surface area contributed by atoms with Crippen LogP contribution in [0.1, 0.15) is 30.1 Å². The highest BCUT2D eigenvalue weighted by Crippen LogP contribution is 2.39. The fourth-order valence-electron chi connectivity index (χ4n) is 2.87. The Morgan fingerprint density at radius 1 is 1.27 bits per heavy atom. The standard InChI is InChI=1S/C13H17NO/c1-14-12-7-6-10-8-9-4-2-3-5-11(9)13(12)15-10/h2-5,10,12-14H,6-8H2,1H3/t10-,12-,13-/m0/s1. The van der Waals surface area contributed by atoms with E-state index >= 15 is 0 Å². The molecule has 0 spiro atoms. The number of ether oxygens (including phenoxy) is 1. The van der Waals surface area contributed by atoms with Gasteiger partial charge in [0, 0.05) is 6.04 Å². The number of benzene rings is 1. The lowest BCUT2D eigenvalue weighted by molar-refractivity contribution is -0.0793. The van der Waals surface area contributed by atoms with Crippen LogP contribution >= 0.6 is 0 Å². The normalized spacial score (nSPS) is 33.5. The molecule has 0 radical (unpaired) electrons. The topological polar surface area (TPSA) is 21.3 Å². The number of hydrogen-bond donors (Lipinski definition) is 1. The predicted molar refractivity (Wildman–Crippen MR) is 59.8 cm³/mol. The molecule has 0 saturated carbocycles. The molecule has 2 heterocycles. The molecule has 2 heteroatoms. The lowest BCUT2D eigenvalue weighted by Gasteiger charge is -2.41. The maximum Gasteiger partial charge on any atom is 0.0984 e. The minimum absolute atomic E-state index is 0.277. The molecular weight excluding hydrogens is 186 g/mol. The molecule has 1 N–H and O–H groups in total. The van der Waals surface area contributed by atoms with E-state index in [1.807, 2.05) is 7.05 Å². The minimum Gasteiger partial charge on any atom is -0.368 e. The summed E-state index contributed by atoms with van der Waals surface area (Å²) in [4.78, 5) is 0. The molecule has 0 amide bonds. The molecule has 2 nitrogen and oxygen atoms in total. The average Bonchev–Trinajstić information content (AvgIpc) is 2.30. The highest BCUT2D eigenvalue weighted by Gasteiger charge is 2.36. The number of nitrogens with one attached hydrogen (secondary N) is 1. The van der Waals surface area contributed by atoms with Gasteiger partial charge in [0.05, 0.1) is 12.2 Å². The molecular formula is C13H17NO. The molecule has 1 fully saturated rings.